The number of hydrogen-bond acceptors (Lipinski definition) is 2. The van der Waals surface area contributed by atoms with Crippen LogP contribution in [-0.4, -0.2) is 12.0 Å². The average Bonchev–Trinajstić information content (AvgIpc) is 2.44. The number of benzene rings is 2. The maximum absolute atomic E-state index is 12.8. The Morgan fingerprint density at radius 2 is 1.90 bits per heavy atom. The summed E-state index contributed by atoms with van der Waals surface area (Å²) in [6.07, 6.45) is -0.703. The molecule has 0 saturated heterocycles. The van der Waals surface area contributed by atoms with E-state index >= 15 is 0 Å². The van der Waals surface area contributed by atoms with E-state index in [2.05, 4.69) is 5.32 Å². The van der Waals surface area contributed by atoms with Gasteiger partial charge in [0.05, 0.1) is 0 Å². The molecule has 0 radical (unpaired) electrons. The molecule has 21 heavy (non-hydrogen) atoms. The highest BCUT2D eigenvalue weighted by molar-refractivity contribution is 6.30. The van der Waals surface area contributed by atoms with Gasteiger partial charge in [-0.2, -0.15) is 0 Å². The summed E-state index contributed by atoms with van der Waals surface area (Å²) in [5.41, 5.74) is 1.55. The molecule has 0 spiro atoms. The van der Waals surface area contributed by atoms with Gasteiger partial charge in [-0.1, -0.05) is 11.6 Å². The first-order valence-corrected chi connectivity index (χ1v) is 6.83. The van der Waals surface area contributed by atoms with Gasteiger partial charge >= 0.3 is 0 Å². The van der Waals surface area contributed by atoms with Crippen molar-refractivity contribution in [3.05, 3.63) is 58.9 Å². The second kappa shape index (κ2) is 6.59. The number of halogens is 2. The maximum atomic E-state index is 12.8. The summed E-state index contributed by atoms with van der Waals surface area (Å²) >= 11 is 5.87. The van der Waals surface area contributed by atoms with E-state index < -0.39 is 6.10 Å². The van der Waals surface area contributed by atoms with Gasteiger partial charge in [0.15, 0.2) is 6.10 Å². The van der Waals surface area contributed by atoms with Gasteiger partial charge in [-0.05, 0) is 61.9 Å². The normalized spacial score (nSPS) is 11.8. The molecule has 0 aliphatic heterocycles. The summed E-state index contributed by atoms with van der Waals surface area (Å²) in [6, 6.07) is 10.7. The van der Waals surface area contributed by atoms with Gasteiger partial charge in [0.2, 0.25) is 0 Å². The largest absolute Gasteiger partial charge is 0.481 e. The molecule has 0 fully saturated rings. The lowest BCUT2D eigenvalue weighted by atomic mass is 10.2. The molecule has 3 nitrogen and oxygen atoms in total. The predicted octanol–water partition coefficient (Wildman–Crippen LogP) is 4.19. The van der Waals surface area contributed by atoms with Gasteiger partial charge in [-0.3, -0.25) is 4.79 Å². The smallest absolute Gasteiger partial charge is 0.265 e. The van der Waals surface area contributed by atoms with Crippen molar-refractivity contribution in [2.24, 2.45) is 0 Å². The molecular weight excluding hydrogens is 293 g/mol. The third-order valence-corrected chi connectivity index (χ3v) is 3.18. The minimum Gasteiger partial charge on any atom is -0.481 e. The Kier molecular flexibility index (Phi) is 4.81. The maximum Gasteiger partial charge on any atom is 0.265 e. The topological polar surface area (TPSA) is 38.3 Å². The van der Waals surface area contributed by atoms with Crippen molar-refractivity contribution in [3.8, 4) is 5.75 Å². The summed E-state index contributed by atoms with van der Waals surface area (Å²) in [5.74, 6) is -0.201. The number of amides is 1. The molecule has 0 heterocycles. The zero-order valence-corrected chi connectivity index (χ0v) is 12.4. The molecular formula is C16H15ClFNO2. The van der Waals surface area contributed by atoms with E-state index in [-0.39, 0.29) is 11.7 Å². The number of carbonyl (C=O) groups excluding carboxylic acids is 1. The molecule has 1 amide bonds. The summed E-state index contributed by atoms with van der Waals surface area (Å²) in [6.45, 7) is 3.48. The molecule has 0 unspecified atom stereocenters. The Morgan fingerprint density at radius 1 is 1.24 bits per heavy atom. The van der Waals surface area contributed by atoms with Gasteiger partial charge in [0, 0.05) is 10.7 Å². The molecule has 2 aromatic rings. The Labute approximate surface area is 127 Å². The van der Waals surface area contributed by atoms with Crippen LogP contribution in [0.1, 0.15) is 12.5 Å². The summed E-state index contributed by atoms with van der Waals surface area (Å²) in [4.78, 5) is 12.1. The highest BCUT2D eigenvalue weighted by Gasteiger charge is 2.15. The van der Waals surface area contributed by atoms with E-state index in [1.807, 2.05) is 6.92 Å². The highest BCUT2D eigenvalue weighted by atomic mass is 35.5. The van der Waals surface area contributed by atoms with Gasteiger partial charge in [-0.25, -0.2) is 4.39 Å². The fourth-order valence-electron chi connectivity index (χ4n) is 1.77. The Bertz CT molecular complexity index is 643. The van der Waals surface area contributed by atoms with Crippen molar-refractivity contribution in [3.63, 3.8) is 0 Å². The molecule has 2 rings (SSSR count). The number of nitrogens with one attached hydrogen (secondary N) is 1. The molecule has 1 atom stereocenters. The third kappa shape index (κ3) is 4.20. The van der Waals surface area contributed by atoms with E-state index in [0.717, 1.165) is 5.56 Å². The zero-order chi connectivity index (χ0) is 15.4. The molecule has 5 heteroatoms. The van der Waals surface area contributed by atoms with E-state index in [1.165, 1.54) is 24.3 Å². The quantitative estimate of drug-likeness (QED) is 0.919. The Morgan fingerprint density at radius 3 is 2.52 bits per heavy atom. The number of carbonyl (C=O) groups is 1. The highest BCUT2D eigenvalue weighted by Crippen LogP contribution is 2.20. The lowest BCUT2D eigenvalue weighted by Crippen LogP contribution is -2.30. The van der Waals surface area contributed by atoms with Crippen molar-refractivity contribution in [2.75, 3.05) is 5.32 Å². The van der Waals surface area contributed by atoms with E-state index in [1.54, 1.807) is 25.1 Å². The summed E-state index contributed by atoms with van der Waals surface area (Å²) in [5, 5.41) is 3.38. The Balaban J connectivity index is 2.00. The van der Waals surface area contributed by atoms with Crippen molar-refractivity contribution in [1.82, 2.24) is 0 Å². The van der Waals surface area contributed by atoms with Crippen molar-refractivity contribution < 1.29 is 13.9 Å². The number of aryl methyl sites for hydroxylation is 1. The van der Waals surface area contributed by atoms with Crippen LogP contribution in [0.4, 0.5) is 10.1 Å². The second-order valence-electron chi connectivity index (χ2n) is 4.66. The van der Waals surface area contributed by atoms with E-state index in [9.17, 15) is 9.18 Å². The monoisotopic (exact) mass is 307 g/mol. The minimum atomic E-state index is -0.703. The van der Waals surface area contributed by atoms with Crippen LogP contribution >= 0.6 is 11.6 Å². The van der Waals surface area contributed by atoms with Gasteiger partial charge in [0.25, 0.3) is 5.91 Å². The van der Waals surface area contributed by atoms with Crippen LogP contribution < -0.4 is 10.1 Å². The van der Waals surface area contributed by atoms with Crippen LogP contribution in [0.3, 0.4) is 0 Å². The summed E-state index contributed by atoms with van der Waals surface area (Å²) in [7, 11) is 0. The lowest BCUT2D eigenvalue weighted by Gasteiger charge is -2.15. The van der Waals surface area contributed by atoms with E-state index in [4.69, 9.17) is 16.3 Å². The fourth-order valence-corrected chi connectivity index (χ4v) is 2.00. The minimum absolute atomic E-state index is 0.287. The number of ether oxygens (including phenoxy) is 1. The Hall–Kier alpha value is -2.07. The van der Waals surface area contributed by atoms with E-state index in [0.29, 0.717) is 16.5 Å². The van der Waals surface area contributed by atoms with Crippen molar-refractivity contribution in [2.45, 2.75) is 20.0 Å². The molecule has 1 N–H and O–H groups in total. The first-order chi connectivity index (χ1) is 9.95. The number of rotatable bonds is 4. The average molecular weight is 308 g/mol. The molecule has 0 aromatic heterocycles. The molecule has 0 aliphatic carbocycles. The van der Waals surface area contributed by atoms with Crippen LogP contribution in [-0.2, 0) is 4.79 Å². The van der Waals surface area contributed by atoms with Gasteiger partial charge < -0.3 is 10.1 Å². The predicted molar refractivity (Wildman–Crippen MR) is 81.3 cm³/mol. The second-order valence-corrected chi connectivity index (χ2v) is 5.10. The number of hydrogen-bond donors (Lipinski definition) is 1. The first kappa shape index (κ1) is 15.3. The standard InChI is InChI=1S/C16H15ClFNO2/c1-10-9-12(17)3-8-15(10)19-16(20)11(2)21-14-6-4-13(18)5-7-14/h3-9,11H,1-2H3,(H,19,20)/t11-/m1/s1. The van der Waals surface area contributed by atoms with Crippen molar-refractivity contribution >= 4 is 23.2 Å². The zero-order valence-electron chi connectivity index (χ0n) is 11.7. The molecule has 2 aromatic carbocycles. The third-order valence-electron chi connectivity index (χ3n) is 2.94. The van der Waals surface area contributed by atoms with Crippen LogP contribution in [0.2, 0.25) is 5.02 Å². The van der Waals surface area contributed by atoms with Crippen LogP contribution in [0.25, 0.3) is 0 Å². The van der Waals surface area contributed by atoms with Crippen LogP contribution in [0, 0.1) is 12.7 Å². The van der Waals surface area contributed by atoms with Crippen LogP contribution in [0.15, 0.2) is 42.5 Å². The molecule has 110 valence electrons. The van der Waals surface area contributed by atoms with Gasteiger partial charge in [0.1, 0.15) is 11.6 Å². The molecule has 0 bridgehead atoms. The molecule has 0 aliphatic rings. The van der Waals surface area contributed by atoms with Crippen LogP contribution in [0.5, 0.6) is 5.75 Å². The fraction of sp³-hybridized carbons (Fsp3) is 0.188. The summed E-state index contributed by atoms with van der Waals surface area (Å²) < 4.78 is 18.3. The SMILES string of the molecule is Cc1cc(Cl)ccc1NC(=O)[C@@H](C)Oc1ccc(F)cc1. The molecule has 0 saturated carbocycles. The number of anilines is 1. The van der Waals surface area contributed by atoms with Gasteiger partial charge in [-0.15, -0.1) is 0 Å². The first-order valence-electron chi connectivity index (χ1n) is 6.45. The lowest BCUT2D eigenvalue weighted by molar-refractivity contribution is -0.122. The van der Waals surface area contributed by atoms with Crippen molar-refractivity contribution in [1.29, 1.82) is 0 Å².